The van der Waals surface area contributed by atoms with Crippen LogP contribution in [0, 0.1) is 34.6 Å². The van der Waals surface area contributed by atoms with Gasteiger partial charge in [-0.3, -0.25) is 19.9 Å². The zero-order chi connectivity index (χ0) is 25.9. The molecule has 0 spiro atoms. The number of hydrogen-bond acceptors (Lipinski definition) is 5. The maximum Gasteiger partial charge on any atom is 0.0896 e. The Morgan fingerprint density at radius 2 is 1.30 bits per heavy atom. The van der Waals surface area contributed by atoms with Crippen molar-refractivity contribution in [3.8, 4) is 34.0 Å². The van der Waals surface area contributed by atoms with Crippen molar-refractivity contribution in [1.29, 1.82) is 0 Å². The molecule has 0 saturated carbocycles. The SMILES string of the molecule is Cc1ccc(-c2ccc(C)c(-c3cc(C)nc(-c4cccc(CCc5cc(C)cc(C)n5)n4)c3)n2)nc1. The summed E-state index contributed by atoms with van der Waals surface area (Å²) in [6.45, 7) is 10.3. The fourth-order valence-corrected chi connectivity index (χ4v) is 4.59. The minimum atomic E-state index is 0.828. The summed E-state index contributed by atoms with van der Waals surface area (Å²) >= 11 is 0. The van der Waals surface area contributed by atoms with Gasteiger partial charge in [-0.1, -0.05) is 18.2 Å². The molecule has 0 bridgehead atoms. The topological polar surface area (TPSA) is 64.5 Å². The second kappa shape index (κ2) is 10.4. The molecule has 0 N–H and O–H groups in total. The van der Waals surface area contributed by atoms with Gasteiger partial charge >= 0.3 is 0 Å². The van der Waals surface area contributed by atoms with Gasteiger partial charge in [-0.05, 0) is 113 Å². The van der Waals surface area contributed by atoms with Crippen molar-refractivity contribution in [3.05, 3.63) is 112 Å². The highest BCUT2D eigenvalue weighted by molar-refractivity contribution is 5.71. The van der Waals surface area contributed by atoms with Gasteiger partial charge in [-0.15, -0.1) is 0 Å². The zero-order valence-corrected chi connectivity index (χ0v) is 22.1. The molecule has 37 heavy (non-hydrogen) atoms. The smallest absolute Gasteiger partial charge is 0.0896 e. The minimum Gasteiger partial charge on any atom is -0.258 e. The van der Waals surface area contributed by atoms with Crippen LogP contribution in [0.25, 0.3) is 34.0 Å². The van der Waals surface area contributed by atoms with E-state index in [1.807, 2.05) is 45.2 Å². The van der Waals surface area contributed by atoms with E-state index in [4.69, 9.17) is 15.0 Å². The predicted octanol–water partition coefficient (Wildman–Crippen LogP) is 6.99. The van der Waals surface area contributed by atoms with Crippen LogP contribution in [0.4, 0.5) is 0 Å². The molecular formula is C32H31N5. The summed E-state index contributed by atoms with van der Waals surface area (Å²) in [5.74, 6) is 0. The van der Waals surface area contributed by atoms with E-state index in [1.165, 1.54) is 5.56 Å². The molecule has 0 atom stereocenters. The molecular weight excluding hydrogens is 454 g/mol. The molecule has 0 aliphatic carbocycles. The first-order chi connectivity index (χ1) is 17.8. The Kier molecular flexibility index (Phi) is 6.87. The average Bonchev–Trinajstić information content (AvgIpc) is 2.88. The van der Waals surface area contributed by atoms with Crippen LogP contribution in [0.3, 0.4) is 0 Å². The summed E-state index contributed by atoms with van der Waals surface area (Å²) in [7, 11) is 0. The van der Waals surface area contributed by atoms with E-state index < -0.39 is 0 Å². The first-order valence-electron chi connectivity index (χ1n) is 12.6. The number of nitrogens with zero attached hydrogens (tertiary/aromatic N) is 5. The van der Waals surface area contributed by atoms with Crippen LogP contribution in [0.5, 0.6) is 0 Å². The van der Waals surface area contributed by atoms with E-state index in [2.05, 4.69) is 72.3 Å². The van der Waals surface area contributed by atoms with E-state index >= 15 is 0 Å². The van der Waals surface area contributed by atoms with Crippen molar-refractivity contribution in [2.45, 2.75) is 47.5 Å². The molecule has 0 amide bonds. The second-order valence-electron chi connectivity index (χ2n) is 9.76. The van der Waals surface area contributed by atoms with Gasteiger partial charge in [0.2, 0.25) is 0 Å². The van der Waals surface area contributed by atoms with Gasteiger partial charge in [0.15, 0.2) is 0 Å². The number of hydrogen-bond donors (Lipinski definition) is 0. The van der Waals surface area contributed by atoms with E-state index in [-0.39, 0.29) is 0 Å². The molecule has 5 aromatic heterocycles. The summed E-state index contributed by atoms with van der Waals surface area (Å²) < 4.78 is 0. The highest BCUT2D eigenvalue weighted by Crippen LogP contribution is 2.28. The molecule has 0 radical (unpaired) electrons. The first kappa shape index (κ1) is 24.4. The van der Waals surface area contributed by atoms with Gasteiger partial charge in [0.25, 0.3) is 0 Å². The molecule has 184 valence electrons. The van der Waals surface area contributed by atoms with Gasteiger partial charge in [0, 0.05) is 34.5 Å². The lowest BCUT2D eigenvalue weighted by Crippen LogP contribution is -2.00. The number of rotatable bonds is 6. The summed E-state index contributed by atoms with van der Waals surface area (Å²) in [6, 6.07) is 22.8. The van der Waals surface area contributed by atoms with Crippen molar-refractivity contribution >= 4 is 0 Å². The minimum absolute atomic E-state index is 0.828. The predicted molar refractivity (Wildman–Crippen MR) is 149 cm³/mol. The maximum absolute atomic E-state index is 5.00. The average molecular weight is 486 g/mol. The Hall–Kier alpha value is -4.25. The third-order valence-corrected chi connectivity index (χ3v) is 6.35. The van der Waals surface area contributed by atoms with E-state index in [0.29, 0.717) is 0 Å². The molecule has 0 aliphatic heterocycles. The van der Waals surface area contributed by atoms with Gasteiger partial charge in [-0.25, -0.2) is 4.98 Å². The fourth-order valence-electron chi connectivity index (χ4n) is 4.59. The molecule has 5 heteroatoms. The normalized spacial score (nSPS) is 11.1. The summed E-state index contributed by atoms with van der Waals surface area (Å²) in [6.07, 6.45) is 3.56. The third kappa shape index (κ3) is 5.78. The highest BCUT2D eigenvalue weighted by Gasteiger charge is 2.12. The van der Waals surface area contributed by atoms with Crippen LogP contribution >= 0.6 is 0 Å². The molecule has 0 aliphatic rings. The van der Waals surface area contributed by atoms with Crippen LogP contribution in [-0.4, -0.2) is 24.9 Å². The zero-order valence-electron chi connectivity index (χ0n) is 22.1. The largest absolute Gasteiger partial charge is 0.258 e. The van der Waals surface area contributed by atoms with Gasteiger partial charge in [0.05, 0.1) is 28.5 Å². The van der Waals surface area contributed by atoms with Crippen molar-refractivity contribution in [2.75, 3.05) is 0 Å². The van der Waals surface area contributed by atoms with E-state index in [0.717, 1.165) is 80.8 Å². The first-order valence-corrected chi connectivity index (χ1v) is 12.6. The standard InChI is InChI=1S/C32H31N5/c1-20-9-13-28(33-19-20)30-14-10-22(3)32(37-30)25-17-24(5)35-31(18-25)29-8-6-7-26(36-29)11-12-27-16-21(2)15-23(4)34-27/h6-10,13-19H,11-12H2,1-5H3. The Labute approximate surface area is 218 Å². The van der Waals surface area contributed by atoms with Crippen molar-refractivity contribution in [1.82, 2.24) is 24.9 Å². The lowest BCUT2D eigenvalue weighted by atomic mass is 10.0. The lowest BCUT2D eigenvalue weighted by Gasteiger charge is -2.11. The van der Waals surface area contributed by atoms with Crippen LogP contribution in [0.2, 0.25) is 0 Å². The molecule has 0 fully saturated rings. The van der Waals surface area contributed by atoms with Crippen LogP contribution < -0.4 is 0 Å². The van der Waals surface area contributed by atoms with Crippen LogP contribution in [0.1, 0.15) is 39.5 Å². The Morgan fingerprint density at radius 1 is 0.541 bits per heavy atom. The van der Waals surface area contributed by atoms with Crippen LogP contribution in [0.15, 0.2) is 72.9 Å². The summed E-state index contributed by atoms with van der Waals surface area (Å²) in [4.78, 5) is 24.0. The molecule has 0 saturated heterocycles. The quantitative estimate of drug-likeness (QED) is 0.259. The molecule has 5 aromatic rings. The molecule has 0 aromatic carbocycles. The Morgan fingerprint density at radius 3 is 2.08 bits per heavy atom. The third-order valence-electron chi connectivity index (χ3n) is 6.35. The van der Waals surface area contributed by atoms with Gasteiger partial charge in [0.1, 0.15) is 0 Å². The Bertz CT molecular complexity index is 1550. The molecule has 5 heterocycles. The second-order valence-corrected chi connectivity index (χ2v) is 9.76. The number of pyridine rings is 5. The van der Waals surface area contributed by atoms with Crippen molar-refractivity contribution < 1.29 is 0 Å². The number of aryl methyl sites for hydroxylation is 7. The molecule has 5 rings (SSSR count). The fraction of sp³-hybridized carbons (Fsp3) is 0.219. The number of aromatic nitrogens is 5. The van der Waals surface area contributed by atoms with Gasteiger partial charge in [-0.2, -0.15) is 0 Å². The summed E-state index contributed by atoms with van der Waals surface area (Å²) in [5.41, 5.74) is 13.0. The highest BCUT2D eigenvalue weighted by atomic mass is 14.8. The van der Waals surface area contributed by atoms with E-state index in [9.17, 15) is 0 Å². The van der Waals surface area contributed by atoms with Crippen molar-refractivity contribution in [2.24, 2.45) is 0 Å². The lowest BCUT2D eigenvalue weighted by molar-refractivity contribution is 0.870. The Balaban J connectivity index is 1.45. The molecule has 5 nitrogen and oxygen atoms in total. The van der Waals surface area contributed by atoms with Crippen molar-refractivity contribution in [3.63, 3.8) is 0 Å². The van der Waals surface area contributed by atoms with Gasteiger partial charge < -0.3 is 0 Å². The van der Waals surface area contributed by atoms with E-state index in [1.54, 1.807) is 0 Å². The van der Waals surface area contributed by atoms with Crippen LogP contribution in [-0.2, 0) is 12.8 Å². The summed E-state index contributed by atoms with van der Waals surface area (Å²) in [5, 5.41) is 0. The molecule has 0 unspecified atom stereocenters. The monoisotopic (exact) mass is 485 g/mol. The maximum atomic E-state index is 5.00.